The number of pyridine rings is 1. The summed E-state index contributed by atoms with van der Waals surface area (Å²) < 4.78 is 0. The van der Waals surface area contributed by atoms with Crippen LogP contribution in [0, 0.1) is 0 Å². The Labute approximate surface area is 151 Å². The highest BCUT2D eigenvalue weighted by molar-refractivity contribution is 6.30. The SMILES string of the molecule is N[C@@H]1c2ccccc2C2(CCN(C(=O)c3cncc(Cl)c3)CC2)[C@H]1O. The number of aliphatic hydroxyl groups is 1. The van der Waals surface area contributed by atoms with Crippen LogP contribution in [0.3, 0.4) is 0 Å². The van der Waals surface area contributed by atoms with E-state index in [9.17, 15) is 9.90 Å². The Morgan fingerprint density at radius 2 is 2.00 bits per heavy atom. The van der Waals surface area contributed by atoms with Crippen LogP contribution in [0.25, 0.3) is 0 Å². The van der Waals surface area contributed by atoms with Crippen LogP contribution >= 0.6 is 11.6 Å². The van der Waals surface area contributed by atoms with Crippen LogP contribution in [-0.2, 0) is 5.41 Å². The van der Waals surface area contributed by atoms with Gasteiger partial charge in [-0.05, 0) is 30.0 Å². The molecule has 0 saturated carbocycles. The van der Waals surface area contributed by atoms with Crippen molar-refractivity contribution in [3.63, 3.8) is 0 Å². The first-order valence-corrected chi connectivity index (χ1v) is 8.83. The Morgan fingerprint density at radius 1 is 1.28 bits per heavy atom. The average Bonchev–Trinajstić information content (AvgIpc) is 2.85. The minimum atomic E-state index is -0.616. The lowest BCUT2D eigenvalue weighted by atomic mass is 9.72. The van der Waals surface area contributed by atoms with Gasteiger partial charge in [0.15, 0.2) is 0 Å². The number of carbonyl (C=O) groups excluding carboxylic acids is 1. The van der Waals surface area contributed by atoms with E-state index >= 15 is 0 Å². The van der Waals surface area contributed by atoms with Crippen molar-refractivity contribution in [2.24, 2.45) is 5.73 Å². The van der Waals surface area contributed by atoms with Crippen LogP contribution in [0.5, 0.6) is 0 Å². The quantitative estimate of drug-likeness (QED) is 0.820. The first-order chi connectivity index (χ1) is 12.0. The summed E-state index contributed by atoms with van der Waals surface area (Å²) in [7, 11) is 0. The Hall–Kier alpha value is -1.95. The van der Waals surface area contributed by atoms with Gasteiger partial charge in [-0.3, -0.25) is 9.78 Å². The Morgan fingerprint density at radius 3 is 2.72 bits per heavy atom. The van der Waals surface area contributed by atoms with Crippen molar-refractivity contribution in [2.75, 3.05) is 13.1 Å². The first kappa shape index (κ1) is 16.5. The maximum atomic E-state index is 12.7. The lowest BCUT2D eigenvalue weighted by Crippen LogP contribution is -2.50. The van der Waals surface area contributed by atoms with E-state index in [-0.39, 0.29) is 17.4 Å². The third-order valence-electron chi connectivity index (χ3n) is 5.66. The van der Waals surface area contributed by atoms with Gasteiger partial charge < -0.3 is 15.7 Å². The van der Waals surface area contributed by atoms with Crippen LogP contribution < -0.4 is 5.73 Å². The van der Waals surface area contributed by atoms with Gasteiger partial charge in [-0.1, -0.05) is 35.9 Å². The predicted octanol–water partition coefficient (Wildman–Crippen LogP) is 2.28. The summed E-state index contributed by atoms with van der Waals surface area (Å²) in [6.45, 7) is 1.15. The highest BCUT2D eigenvalue weighted by Crippen LogP contribution is 2.50. The van der Waals surface area contributed by atoms with Gasteiger partial charge in [-0.25, -0.2) is 0 Å². The zero-order valence-corrected chi connectivity index (χ0v) is 14.5. The summed E-state index contributed by atoms with van der Waals surface area (Å²) in [5, 5.41) is 11.3. The van der Waals surface area contributed by atoms with Crippen molar-refractivity contribution in [1.82, 2.24) is 9.88 Å². The number of aliphatic hydroxyl groups excluding tert-OH is 1. The molecule has 1 fully saturated rings. The van der Waals surface area contributed by atoms with E-state index in [0.717, 1.165) is 11.1 Å². The molecule has 5 nitrogen and oxygen atoms in total. The van der Waals surface area contributed by atoms with Gasteiger partial charge in [0.2, 0.25) is 0 Å². The van der Waals surface area contributed by atoms with Crippen molar-refractivity contribution < 1.29 is 9.90 Å². The number of hydrogen-bond donors (Lipinski definition) is 2. The van der Waals surface area contributed by atoms with E-state index in [1.165, 1.54) is 12.4 Å². The van der Waals surface area contributed by atoms with Crippen LogP contribution in [0.1, 0.15) is 40.4 Å². The van der Waals surface area contributed by atoms with E-state index in [0.29, 0.717) is 36.5 Å². The molecule has 2 atom stereocenters. The van der Waals surface area contributed by atoms with Gasteiger partial charge in [0.1, 0.15) is 0 Å². The number of halogens is 1. The maximum Gasteiger partial charge on any atom is 0.255 e. The van der Waals surface area contributed by atoms with Gasteiger partial charge in [0.25, 0.3) is 5.91 Å². The molecule has 2 aliphatic rings. The topological polar surface area (TPSA) is 79.5 Å². The second kappa shape index (κ2) is 6.09. The Kier molecular flexibility index (Phi) is 4.02. The largest absolute Gasteiger partial charge is 0.390 e. The van der Waals surface area contributed by atoms with Gasteiger partial charge in [0, 0.05) is 30.9 Å². The number of benzene rings is 1. The van der Waals surface area contributed by atoms with E-state index in [2.05, 4.69) is 11.1 Å². The van der Waals surface area contributed by atoms with Crippen molar-refractivity contribution in [3.8, 4) is 0 Å². The van der Waals surface area contributed by atoms with Crippen LogP contribution in [-0.4, -0.2) is 40.1 Å². The summed E-state index contributed by atoms with van der Waals surface area (Å²) in [6, 6.07) is 9.26. The molecule has 25 heavy (non-hydrogen) atoms. The highest BCUT2D eigenvalue weighted by atomic mass is 35.5. The van der Waals surface area contributed by atoms with Gasteiger partial charge in [-0.15, -0.1) is 0 Å². The summed E-state index contributed by atoms with van der Waals surface area (Å²) in [4.78, 5) is 18.5. The van der Waals surface area contributed by atoms with E-state index in [1.807, 2.05) is 18.2 Å². The number of piperidine rings is 1. The lowest BCUT2D eigenvalue weighted by Gasteiger charge is -2.42. The number of aromatic nitrogens is 1. The summed E-state index contributed by atoms with van der Waals surface area (Å²) in [5.74, 6) is -0.0741. The number of amides is 1. The molecule has 1 aromatic carbocycles. The molecular formula is C19H20ClN3O2. The molecule has 3 N–H and O–H groups in total. The molecule has 4 rings (SSSR count). The predicted molar refractivity (Wildman–Crippen MR) is 95.4 cm³/mol. The molecule has 0 unspecified atom stereocenters. The lowest BCUT2D eigenvalue weighted by molar-refractivity contribution is 0.0262. The molecule has 6 heteroatoms. The molecule has 0 bridgehead atoms. The zero-order chi connectivity index (χ0) is 17.6. The number of fused-ring (bicyclic) bond motifs is 2. The number of nitrogens with zero attached hydrogens (tertiary/aromatic N) is 2. The summed E-state index contributed by atoms with van der Waals surface area (Å²) in [5.41, 5.74) is 8.53. The molecule has 1 aliphatic carbocycles. The second-order valence-electron chi connectivity index (χ2n) is 6.90. The maximum absolute atomic E-state index is 12.7. The number of hydrogen-bond acceptors (Lipinski definition) is 4. The number of likely N-dealkylation sites (tertiary alicyclic amines) is 1. The van der Waals surface area contributed by atoms with Crippen molar-refractivity contribution in [2.45, 2.75) is 30.4 Å². The third kappa shape index (κ3) is 2.54. The molecule has 130 valence electrons. The minimum absolute atomic E-state index is 0.0741. The second-order valence-corrected chi connectivity index (χ2v) is 7.33. The third-order valence-corrected chi connectivity index (χ3v) is 5.86. The van der Waals surface area contributed by atoms with E-state index in [4.69, 9.17) is 17.3 Å². The van der Waals surface area contributed by atoms with E-state index < -0.39 is 6.10 Å². The van der Waals surface area contributed by atoms with Crippen molar-refractivity contribution >= 4 is 17.5 Å². The van der Waals surface area contributed by atoms with E-state index in [1.54, 1.807) is 11.0 Å². The molecule has 1 spiro atoms. The monoisotopic (exact) mass is 357 g/mol. The first-order valence-electron chi connectivity index (χ1n) is 8.46. The van der Waals surface area contributed by atoms with Crippen LogP contribution in [0.2, 0.25) is 5.02 Å². The molecular weight excluding hydrogens is 338 g/mol. The summed E-state index contributed by atoms with van der Waals surface area (Å²) >= 11 is 5.94. The molecule has 0 radical (unpaired) electrons. The minimum Gasteiger partial charge on any atom is -0.390 e. The highest BCUT2D eigenvalue weighted by Gasteiger charge is 2.51. The number of nitrogens with two attached hydrogens (primary N) is 1. The molecule has 1 amide bonds. The van der Waals surface area contributed by atoms with Crippen LogP contribution in [0.4, 0.5) is 0 Å². The van der Waals surface area contributed by atoms with Crippen LogP contribution in [0.15, 0.2) is 42.7 Å². The van der Waals surface area contributed by atoms with Gasteiger partial charge >= 0.3 is 0 Å². The standard InChI is InChI=1S/C19H20ClN3O2/c20-13-9-12(10-22-11-13)18(25)23-7-5-19(6-8-23)15-4-2-1-3-14(15)16(21)17(19)24/h1-4,9-11,16-17,24H,5-8,21H2/t16-,17+/m1/s1. The average molecular weight is 358 g/mol. The van der Waals surface area contributed by atoms with Crippen molar-refractivity contribution in [1.29, 1.82) is 0 Å². The zero-order valence-electron chi connectivity index (χ0n) is 13.7. The molecule has 1 aromatic heterocycles. The fourth-order valence-electron chi connectivity index (χ4n) is 4.30. The summed E-state index contributed by atoms with van der Waals surface area (Å²) in [6.07, 6.45) is 3.82. The molecule has 1 saturated heterocycles. The Balaban J connectivity index is 1.57. The molecule has 2 aromatic rings. The van der Waals surface area contributed by atoms with Gasteiger partial charge in [-0.2, -0.15) is 0 Å². The fraction of sp³-hybridized carbons (Fsp3) is 0.368. The molecule has 2 heterocycles. The number of rotatable bonds is 1. The fourth-order valence-corrected chi connectivity index (χ4v) is 4.47. The number of carbonyl (C=O) groups is 1. The van der Waals surface area contributed by atoms with Crippen molar-refractivity contribution in [3.05, 3.63) is 64.4 Å². The Bertz CT molecular complexity index is 818. The molecule has 1 aliphatic heterocycles. The smallest absolute Gasteiger partial charge is 0.255 e. The normalized spacial score (nSPS) is 24.4. The van der Waals surface area contributed by atoms with Gasteiger partial charge in [0.05, 0.1) is 22.7 Å².